The predicted octanol–water partition coefficient (Wildman–Crippen LogP) is 4.87. The van der Waals surface area contributed by atoms with E-state index < -0.39 is 17.6 Å². The Morgan fingerprint density at radius 3 is 2.57 bits per heavy atom. The second-order valence-electron chi connectivity index (χ2n) is 8.92. The Bertz CT molecular complexity index is 955. The Kier molecular flexibility index (Phi) is 5.08. The van der Waals surface area contributed by atoms with Gasteiger partial charge >= 0.3 is 6.09 Å². The molecule has 3 heterocycles. The van der Waals surface area contributed by atoms with Crippen LogP contribution in [0.5, 0.6) is 5.75 Å². The molecule has 0 unspecified atom stereocenters. The number of pyridine rings is 1. The topological polar surface area (TPSA) is 54.9 Å². The van der Waals surface area contributed by atoms with E-state index in [1.807, 2.05) is 45.0 Å². The van der Waals surface area contributed by atoms with Crippen LogP contribution in [-0.2, 0) is 11.2 Å². The lowest BCUT2D eigenvalue weighted by Crippen LogP contribution is -2.40. The summed E-state index contributed by atoms with van der Waals surface area (Å²) >= 11 is 0. The van der Waals surface area contributed by atoms with E-state index in [0.29, 0.717) is 17.7 Å². The van der Waals surface area contributed by atoms with Crippen LogP contribution in [0.2, 0.25) is 0 Å². The maximum atomic E-state index is 14.7. The van der Waals surface area contributed by atoms with Crippen LogP contribution in [0.3, 0.4) is 0 Å². The molecule has 0 radical (unpaired) electrons. The second kappa shape index (κ2) is 7.45. The van der Waals surface area contributed by atoms with E-state index >= 15 is 0 Å². The highest BCUT2D eigenvalue weighted by molar-refractivity contribution is 5.89. The van der Waals surface area contributed by atoms with Crippen molar-refractivity contribution in [3.63, 3.8) is 0 Å². The fourth-order valence-electron chi connectivity index (χ4n) is 4.54. The molecule has 1 amide bonds. The summed E-state index contributed by atoms with van der Waals surface area (Å²) in [6, 6.07) is 8.11. The molecule has 0 saturated carbocycles. The molecular formula is C23H28FN3O3. The number of carbonyl (C=O) groups is 1. The van der Waals surface area contributed by atoms with Crippen LogP contribution >= 0.6 is 0 Å². The van der Waals surface area contributed by atoms with Crippen LogP contribution in [0.1, 0.15) is 50.8 Å². The molecule has 0 N–H and O–H groups in total. The van der Waals surface area contributed by atoms with Crippen LogP contribution in [0.25, 0.3) is 0 Å². The molecule has 1 aromatic carbocycles. The number of rotatable bonds is 3. The number of benzene rings is 1. The lowest BCUT2D eigenvalue weighted by atomic mass is 9.92. The summed E-state index contributed by atoms with van der Waals surface area (Å²) < 4.78 is 25.5. The average molecular weight is 413 g/mol. The van der Waals surface area contributed by atoms with Gasteiger partial charge in [-0.25, -0.2) is 9.78 Å². The Labute approximate surface area is 176 Å². The number of anilines is 2. The zero-order valence-electron chi connectivity index (χ0n) is 18.1. The Morgan fingerprint density at radius 2 is 1.93 bits per heavy atom. The maximum Gasteiger partial charge on any atom is 0.414 e. The Hall–Kier alpha value is -2.83. The first-order valence-corrected chi connectivity index (χ1v) is 10.3. The van der Waals surface area contributed by atoms with Gasteiger partial charge in [-0.3, -0.25) is 4.90 Å². The van der Waals surface area contributed by atoms with E-state index in [1.165, 1.54) is 11.1 Å². The molecule has 0 spiro atoms. The number of methoxy groups -OCH3 is 1. The summed E-state index contributed by atoms with van der Waals surface area (Å²) in [6.07, 6.45) is 3.38. The third-order valence-electron chi connectivity index (χ3n) is 5.83. The quantitative estimate of drug-likeness (QED) is 0.672. The fraction of sp³-hybridized carbons (Fsp3) is 0.478. The first-order valence-electron chi connectivity index (χ1n) is 10.3. The van der Waals surface area contributed by atoms with Crippen LogP contribution < -0.4 is 14.5 Å². The van der Waals surface area contributed by atoms with Crippen LogP contribution in [0.4, 0.5) is 20.6 Å². The van der Waals surface area contributed by atoms with E-state index in [1.54, 1.807) is 14.2 Å². The summed E-state index contributed by atoms with van der Waals surface area (Å²) in [6.45, 7) is 5.47. The number of hydrogen-bond donors (Lipinski definition) is 0. The first kappa shape index (κ1) is 20.4. The zero-order valence-corrected chi connectivity index (χ0v) is 18.1. The van der Waals surface area contributed by atoms with Crippen molar-refractivity contribution in [3.8, 4) is 5.75 Å². The highest BCUT2D eigenvalue weighted by atomic mass is 19.1. The number of fused-ring (bicyclic) bond motifs is 4. The van der Waals surface area contributed by atoms with Crippen molar-refractivity contribution in [2.75, 3.05) is 24.0 Å². The van der Waals surface area contributed by atoms with Gasteiger partial charge in [-0.1, -0.05) is 0 Å². The van der Waals surface area contributed by atoms with Crippen molar-refractivity contribution in [2.45, 2.75) is 57.7 Å². The van der Waals surface area contributed by atoms with Crippen molar-refractivity contribution in [3.05, 3.63) is 47.5 Å². The van der Waals surface area contributed by atoms with Gasteiger partial charge in [-0.2, -0.15) is 4.39 Å². The molecular weight excluding hydrogens is 385 g/mol. The molecule has 7 heteroatoms. The molecule has 2 aromatic rings. The zero-order chi connectivity index (χ0) is 21.6. The van der Waals surface area contributed by atoms with Gasteiger partial charge in [0, 0.05) is 29.9 Å². The third kappa shape index (κ3) is 3.57. The van der Waals surface area contributed by atoms with E-state index in [2.05, 4.69) is 9.88 Å². The van der Waals surface area contributed by atoms with Crippen molar-refractivity contribution < 1.29 is 18.7 Å². The number of carbonyl (C=O) groups excluding carboxylic acids is 1. The van der Waals surface area contributed by atoms with Crippen molar-refractivity contribution in [1.82, 2.24) is 4.98 Å². The minimum Gasteiger partial charge on any atom is -0.497 e. The fourth-order valence-corrected chi connectivity index (χ4v) is 4.54. The lowest BCUT2D eigenvalue weighted by Gasteiger charge is -2.40. The summed E-state index contributed by atoms with van der Waals surface area (Å²) in [5, 5.41) is 0. The van der Waals surface area contributed by atoms with Gasteiger partial charge in [0.05, 0.1) is 25.0 Å². The van der Waals surface area contributed by atoms with Crippen LogP contribution in [-0.4, -0.2) is 36.9 Å². The average Bonchev–Trinajstić information content (AvgIpc) is 3.00. The number of nitrogens with zero attached hydrogens (tertiary/aromatic N) is 3. The van der Waals surface area contributed by atoms with E-state index in [4.69, 9.17) is 9.47 Å². The molecule has 2 aliphatic heterocycles. The molecule has 1 saturated heterocycles. The molecule has 2 bridgehead atoms. The number of ether oxygens (including phenoxy) is 2. The number of aromatic nitrogens is 1. The summed E-state index contributed by atoms with van der Waals surface area (Å²) in [5.74, 6) is 0.349. The smallest absolute Gasteiger partial charge is 0.414 e. The largest absolute Gasteiger partial charge is 0.497 e. The number of halogens is 1. The monoisotopic (exact) mass is 413 g/mol. The van der Waals surface area contributed by atoms with Gasteiger partial charge in [0.25, 0.3) is 0 Å². The van der Waals surface area contributed by atoms with Crippen molar-refractivity contribution in [2.24, 2.45) is 0 Å². The van der Waals surface area contributed by atoms with Gasteiger partial charge in [0.2, 0.25) is 5.95 Å². The van der Waals surface area contributed by atoms with Crippen LogP contribution in [0, 0.1) is 5.95 Å². The predicted molar refractivity (Wildman–Crippen MR) is 114 cm³/mol. The van der Waals surface area contributed by atoms with Crippen LogP contribution in [0.15, 0.2) is 30.5 Å². The van der Waals surface area contributed by atoms with Gasteiger partial charge in [-0.15, -0.1) is 0 Å². The minimum absolute atomic E-state index is 0.0236. The third-order valence-corrected chi connectivity index (χ3v) is 5.83. The number of hydrogen-bond acceptors (Lipinski definition) is 5. The van der Waals surface area contributed by atoms with Gasteiger partial charge in [0.15, 0.2) is 0 Å². The van der Waals surface area contributed by atoms with E-state index in [0.717, 1.165) is 29.8 Å². The highest BCUT2D eigenvalue weighted by Gasteiger charge is 2.43. The summed E-state index contributed by atoms with van der Waals surface area (Å²) in [7, 11) is 3.30. The second-order valence-corrected chi connectivity index (χ2v) is 8.92. The molecule has 160 valence electrons. The minimum atomic E-state index is -0.619. The van der Waals surface area contributed by atoms with Gasteiger partial charge in [-0.05, 0) is 64.3 Å². The Morgan fingerprint density at radius 1 is 1.23 bits per heavy atom. The number of amides is 1. The highest BCUT2D eigenvalue weighted by Crippen LogP contribution is 2.49. The normalized spacial score (nSPS) is 20.0. The molecule has 0 aliphatic carbocycles. The standard InChI is InChI=1S/C23H28FN3O3/c1-23(2,3)30-22(28)26(4)19-13-25-21(24)17-12-15-8-11-18(20(17)19)27(15)14-6-9-16(29-5)10-7-14/h6-7,9-10,13,15,18H,8,11-12H2,1-5H3/t15-,18+/m0/s1. The molecule has 1 fully saturated rings. The summed E-state index contributed by atoms with van der Waals surface area (Å²) in [5.41, 5.74) is 2.49. The Balaban J connectivity index is 1.74. The van der Waals surface area contributed by atoms with Crippen molar-refractivity contribution >= 4 is 17.5 Å². The van der Waals surface area contributed by atoms with Gasteiger partial charge in [0.1, 0.15) is 11.4 Å². The molecule has 2 aliphatic rings. The molecule has 30 heavy (non-hydrogen) atoms. The van der Waals surface area contributed by atoms with E-state index in [9.17, 15) is 9.18 Å². The maximum absolute atomic E-state index is 14.7. The molecule has 1 aromatic heterocycles. The first-order chi connectivity index (χ1) is 14.2. The lowest BCUT2D eigenvalue weighted by molar-refractivity contribution is 0.0589. The van der Waals surface area contributed by atoms with Crippen molar-refractivity contribution in [1.29, 1.82) is 0 Å². The SMILES string of the molecule is COc1ccc(N2[C@H]3CC[C@@H]2c2c(N(C)C(=O)OC(C)(C)C)cnc(F)c2C3)cc1. The molecule has 2 atom stereocenters. The van der Waals surface area contributed by atoms with Gasteiger partial charge < -0.3 is 14.4 Å². The molecule has 6 nitrogen and oxygen atoms in total. The van der Waals surface area contributed by atoms with E-state index in [-0.39, 0.29) is 12.1 Å². The summed E-state index contributed by atoms with van der Waals surface area (Å²) in [4.78, 5) is 20.5. The molecule has 4 rings (SSSR count).